The lowest BCUT2D eigenvalue weighted by Gasteiger charge is -2.23. The Kier molecular flexibility index (Phi) is 6.00. The summed E-state index contributed by atoms with van der Waals surface area (Å²) in [6.07, 6.45) is 2.32. The number of aromatic nitrogens is 2. The molecule has 1 atom stereocenters. The molecule has 1 amide bonds. The molecule has 1 aromatic carbocycles. The van der Waals surface area contributed by atoms with E-state index in [4.69, 9.17) is 9.57 Å². The summed E-state index contributed by atoms with van der Waals surface area (Å²) in [6.45, 7) is 5.97. The summed E-state index contributed by atoms with van der Waals surface area (Å²) >= 11 is 0. The zero-order valence-electron chi connectivity index (χ0n) is 17.1. The Bertz CT molecular complexity index is 920. The number of carbonyl (C=O) groups excluding carboxylic acids is 2. The van der Waals surface area contributed by atoms with Crippen molar-refractivity contribution in [1.82, 2.24) is 15.1 Å². The minimum atomic E-state index is -1.21. The predicted octanol–water partition coefficient (Wildman–Crippen LogP) is 2.43. The van der Waals surface area contributed by atoms with Gasteiger partial charge in [0.1, 0.15) is 0 Å². The number of amides is 1. The molecule has 0 spiro atoms. The van der Waals surface area contributed by atoms with Gasteiger partial charge < -0.3 is 14.9 Å². The maximum atomic E-state index is 12.5. The van der Waals surface area contributed by atoms with Crippen molar-refractivity contribution in [3.8, 4) is 0 Å². The van der Waals surface area contributed by atoms with E-state index in [1.165, 1.54) is 7.11 Å². The summed E-state index contributed by atoms with van der Waals surface area (Å²) in [5.74, 6) is -0.726. The van der Waals surface area contributed by atoms with Crippen molar-refractivity contribution in [2.45, 2.75) is 45.3 Å². The fourth-order valence-corrected chi connectivity index (χ4v) is 3.28. The Morgan fingerprint density at radius 2 is 2.03 bits per heavy atom. The molecular formula is C21H26N4O4. The quantitative estimate of drug-likeness (QED) is 0.723. The molecule has 1 aromatic heterocycles. The number of nitrogens with zero attached hydrogens (tertiary/aromatic N) is 3. The first kappa shape index (κ1) is 20.6. The van der Waals surface area contributed by atoms with E-state index in [0.717, 1.165) is 5.56 Å². The molecular weight excluding hydrogens is 372 g/mol. The van der Waals surface area contributed by atoms with Gasteiger partial charge in [0, 0.05) is 25.1 Å². The maximum absolute atomic E-state index is 12.5. The van der Waals surface area contributed by atoms with Crippen molar-refractivity contribution < 1.29 is 19.2 Å². The van der Waals surface area contributed by atoms with Gasteiger partial charge in [0.15, 0.2) is 0 Å². The lowest BCUT2D eigenvalue weighted by Crippen LogP contribution is -2.43. The minimum absolute atomic E-state index is 0.168. The number of rotatable bonds is 7. The number of esters is 1. The molecule has 3 rings (SSSR count). The Balaban J connectivity index is 1.65. The topological polar surface area (TPSA) is 94.8 Å². The summed E-state index contributed by atoms with van der Waals surface area (Å²) in [5.41, 5.74) is 1.48. The van der Waals surface area contributed by atoms with E-state index >= 15 is 0 Å². The van der Waals surface area contributed by atoms with Crippen LogP contribution in [-0.2, 0) is 20.8 Å². The van der Waals surface area contributed by atoms with Crippen LogP contribution in [-0.4, -0.2) is 46.6 Å². The van der Waals surface area contributed by atoms with E-state index in [-0.39, 0.29) is 24.9 Å². The van der Waals surface area contributed by atoms with Gasteiger partial charge in [-0.2, -0.15) is 5.10 Å². The molecule has 8 heteroatoms. The highest BCUT2D eigenvalue weighted by Gasteiger charge is 2.47. The second-order valence-electron chi connectivity index (χ2n) is 7.46. The molecule has 154 valence electrons. The maximum Gasteiger partial charge on any atom is 0.353 e. The van der Waals surface area contributed by atoms with Gasteiger partial charge in [-0.1, -0.05) is 35.5 Å². The van der Waals surface area contributed by atoms with Gasteiger partial charge in [0.25, 0.3) is 5.91 Å². The highest BCUT2D eigenvalue weighted by atomic mass is 16.7. The molecule has 0 aliphatic carbocycles. The zero-order valence-corrected chi connectivity index (χ0v) is 17.1. The number of benzene rings is 1. The fraction of sp³-hybridized carbons (Fsp3) is 0.429. The Morgan fingerprint density at radius 1 is 1.31 bits per heavy atom. The molecule has 29 heavy (non-hydrogen) atoms. The molecule has 1 unspecified atom stereocenters. The molecule has 8 nitrogen and oxygen atoms in total. The third-order valence-corrected chi connectivity index (χ3v) is 4.87. The average Bonchev–Trinajstić information content (AvgIpc) is 3.31. The second-order valence-corrected chi connectivity index (χ2v) is 7.46. The van der Waals surface area contributed by atoms with Crippen LogP contribution in [0.4, 0.5) is 0 Å². The third-order valence-electron chi connectivity index (χ3n) is 4.87. The van der Waals surface area contributed by atoms with Gasteiger partial charge in [-0.05, 0) is 26.3 Å². The average molecular weight is 398 g/mol. The van der Waals surface area contributed by atoms with Gasteiger partial charge in [0.2, 0.25) is 5.60 Å². The number of oxime groups is 1. The van der Waals surface area contributed by atoms with Crippen LogP contribution < -0.4 is 5.32 Å². The standard InChI is InChI=1S/C21H26N4O4/c1-14(2)25-13-18(15(3)23-25)19(26)22-12-17-11-21(29-24-17,20(27)28-4)10-16-8-6-5-7-9-16/h5-9,13-14H,10-12H2,1-4H3,(H,22,26). The summed E-state index contributed by atoms with van der Waals surface area (Å²) in [7, 11) is 1.33. The zero-order chi connectivity index (χ0) is 21.0. The number of hydrogen-bond donors (Lipinski definition) is 1. The minimum Gasteiger partial charge on any atom is -0.466 e. The van der Waals surface area contributed by atoms with Crippen molar-refractivity contribution in [3.05, 3.63) is 53.3 Å². The lowest BCUT2D eigenvalue weighted by atomic mass is 9.89. The molecule has 0 fully saturated rings. The van der Waals surface area contributed by atoms with Gasteiger partial charge in [-0.3, -0.25) is 9.48 Å². The molecule has 0 bridgehead atoms. The van der Waals surface area contributed by atoms with Crippen LogP contribution in [0.25, 0.3) is 0 Å². The Hall–Kier alpha value is -3.16. The van der Waals surface area contributed by atoms with Gasteiger partial charge in [-0.15, -0.1) is 0 Å². The third kappa shape index (κ3) is 4.47. The number of nitrogens with one attached hydrogen (secondary N) is 1. The normalized spacial score (nSPS) is 18.3. The fourth-order valence-electron chi connectivity index (χ4n) is 3.28. The first-order chi connectivity index (χ1) is 13.8. The number of carbonyl (C=O) groups is 2. The van der Waals surface area contributed by atoms with Crippen molar-refractivity contribution in [1.29, 1.82) is 0 Å². The summed E-state index contributed by atoms with van der Waals surface area (Å²) < 4.78 is 6.71. The molecule has 0 saturated heterocycles. The van der Waals surface area contributed by atoms with E-state index in [9.17, 15) is 9.59 Å². The van der Waals surface area contributed by atoms with Crippen LogP contribution >= 0.6 is 0 Å². The lowest BCUT2D eigenvalue weighted by molar-refractivity contribution is -0.166. The van der Waals surface area contributed by atoms with Crippen LogP contribution in [0.3, 0.4) is 0 Å². The highest BCUT2D eigenvalue weighted by Crippen LogP contribution is 2.29. The number of ether oxygens (including phenoxy) is 1. The molecule has 0 saturated carbocycles. The summed E-state index contributed by atoms with van der Waals surface area (Å²) in [4.78, 5) is 30.5. The highest BCUT2D eigenvalue weighted by molar-refractivity contribution is 6.00. The van der Waals surface area contributed by atoms with Crippen molar-refractivity contribution >= 4 is 17.6 Å². The van der Waals surface area contributed by atoms with E-state index in [0.29, 0.717) is 23.4 Å². The van der Waals surface area contributed by atoms with E-state index < -0.39 is 11.6 Å². The first-order valence-corrected chi connectivity index (χ1v) is 9.55. The molecule has 2 aromatic rings. The Morgan fingerprint density at radius 3 is 2.66 bits per heavy atom. The van der Waals surface area contributed by atoms with Crippen molar-refractivity contribution in [2.75, 3.05) is 13.7 Å². The summed E-state index contributed by atoms with van der Waals surface area (Å²) in [6, 6.07) is 9.71. The molecule has 1 aliphatic heterocycles. The molecule has 1 N–H and O–H groups in total. The number of methoxy groups -OCH3 is 1. The van der Waals surface area contributed by atoms with E-state index in [1.54, 1.807) is 17.8 Å². The van der Waals surface area contributed by atoms with Crippen molar-refractivity contribution in [3.63, 3.8) is 0 Å². The second kappa shape index (κ2) is 8.46. The number of hydrogen-bond acceptors (Lipinski definition) is 6. The monoisotopic (exact) mass is 398 g/mol. The number of aryl methyl sites for hydroxylation is 1. The van der Waals surface area contributed by atoms with Crippen LogP contribution in [0, 0.1) is 6.92 Å². The first-order valence-electron chi connectivity index (χ1n) is 9.55. The van der Waals surface area contributed by atoms with Crippen LogP contribution in [0.2, 0.25) is 0 Å². The molecule has 2 heterocycles. The van der Waals surface area contributed by atoms with E-state index in [1.807, 2.05) is 44.2 Å². The van der Waals surface area contributed by atoms with Crippen LogP contribution in [0.15, 0.2) is 41.7 Å². The summed E-state index contributed by atoms with van der Waals surface area (Å²) in [5, 5.41) is 11.2. The van der Waals surface area contributed by atoms with Gasteiger partial charge in [0.05, 0.1) is 30.6 Å². The molecule has 0 radical (unpaired) electrons. The van der Waals surface area contributed by atoms with Gasteiger partial charge in [-0.25, -0.2) is 4.79 Å². The van der Waals surface area contributed by atoms with Crippen LogP contribution in [0.5, 0.6) is 0 Å². The largest absolute Gasteiger partial charge is 0.466 e. The van der Waals surface area contributed by atoms with Gasteiger partial charge >= 0.3 is 5.97 Å². The van der Waals surface area contributed by atoms with Crippen LogP contribution in [0.1, 0.15) is 47.9 Å². The van der Waals surface area contributed by atoms with Crippen molar-refractivity contribution in [2.24, 2.45) is 5.16 Å². The van der Waals surface area contributed by atoms with E-state index in [2.05, 4.69) is 15.6 Å². The Labute approximate surface area is 169 Å². The smallest absolute Gasteiger partial charge is 0.353 e. The SMILES string of the molecule is COC(=O)C1(Cc2ccccc2)CC(CNC(=O)c2cn(C(C)C)nc2C)=NO1. The molecule has 1 aliphatic rings. The predicted molar refractivity (Wildman–Crippen MR) is 108 cm³/mol.